The van der Waals surface area contributed by atoms with Gasteiger partial charge in [0.25, 0.3) is 0 Å². The molecule has 0 aromatic rings. The van der Waals surface area contributed by atoms with E-state index in [0.717, 1.165) is 19.4 Å². The molecule has 1 fully saturated rings. The Kier molecular flexibility index (Phi) is 3.16. The van der Waals surface area contributed by atoms with Crippen LogP contribution in [0.3, 0.4) is 0 Å². The Balaban J connectivity index is 2.04. The van der Waals surface area contributed by atoms with E-state index in [1.54, 1.807) is 0 Å². The fourth-order valence-corrected chi connectivity index (χ4v) is 1.15. The summed E-state index contributed by atoms with van der Waals surface area (Å²) in [6, 6.07) is 0.252. The van der Waals surface area contributed by atoms with Crippen LogP contribution in [0, 0.1) is 0 Å². The number of cyclic esters (lactones) is 1. The first-order valence-electron chi connectivity index (χ1n) is 4.04. The number of amides is 1. The van der Waals surface area contributed by atoms with Gasteiger partial charge in [0.1, 0.15) is 6.61 Å². The fraction of sp³-hybridized carbons (Fsp3) is 0.857. The van der Waals surface area contributed by atoms with Crippen molar-refractivity contribution in [2.45, 2.75) is 18.9 Å². The summed E-state index contributed by atoms with van der Waals surface area (Å²) in [4.78, 5) is 10.5. The number of ether oxygens (including phenoxy) is 1. The monoisotopic (exact) mass is 159 g/mol. The van der Waals surface area contributed by atoms with Gasteiger partial charge in [-0.1, -0.05) is 0 Å². The molecule has 1 aliphatic heterocycles. The maximum absolute atomic E-state index is 10.5. The van der Waals surface area contributed by atoms with Crippen molar-refractivity contribution < 1.29 is 14.8 Å². The predicted molar refractivity (Wildman–Crippen MR) is 40.2 cm³/mol. The van der Waals surface area contributed by atoms with E-state index in [1.807, 2.05) is 7.05 Å². The zero-order valence-corrected chi connectivity index (χ0v) is 6.80. The van der Waals surface area contributed by atoms with Crippen LogP contribution in [0.2, 0.25) is 0 Å². The first-order chi connectivity index (χ1) is 5.33. The highest BCUT2D eigenvalue weighted by molar-refractivity contribution is 5.69. The van der Waals surface area contributed by atoms with Crippen LogP contribution in [0.4, 0.5) is 4.79 Å². The summed E-state index contributed by atoms with van der Waals surface area (Å²) in [5.41, 5.74) is 0. The second-order valence-electron chi connectivity index (χ2n) is 2.78. The molecule has 4 nitrogen and oxygen atoms in total. The van der Waals surface area contributed by atoms with Crippen molar-refractivity contribution in [3.63, 3.8) is 0 Å². The van der Waals surface area contributed by atoms with Crippen LogP contribution in [0.1, 0.15) is 12.8 Å². The van der Waals surface area contributed by atoms with Gasteiger partial charge in [-0.15, -0.1) is 0 Å². The fourth-order valence-electron chi connectivity index (χ4n) is 1.15. The molecule has 1 saturated heterocycles. The van der Waals surface area contributed by atoms with Gasteiger partial charge >= 0.3 is 6.09 Å². The number of quaternary nitrogens is 1. The number of nitrogens with two attached hydrogens (primary N) is 1. The molecule has 0 saturated carbocycles. The molecular weight excluding hydrogens is 144 g/mol. The third-order valence-corrected chi connectivity index (χ3v) is 1.78. The number of nitrogens with one attached hydrogen (secondary N) is 1. The third kappa shape index (κ3) is 2.76. The van der Waals surface area contributed by atoms with Crippen LogP contribution >= 0.6 is 0 Å². The van der Waals surface area contributed by atoms with Gasteiger partial charge in [0.15, 0.2) is 0 Å². The standard InChI is InChI=1S/C7H14N2O2/c1-8-4-2-3-6-5-11-7(10)9-6/h6,8H,2-5H2,1H3,(H,9,10)/p+1. The number of hydrogen-bond donors (Lipinski definition) is 2. The first-order valence-corrected chi connectivity index (χ1v) is 4.04. The summed E-state index contributed by atoms with van der Waals surface area (Å²) in [7, 11) is 2.05. The van der Waals surface area contributed by atoms with Crippen molar-refractivity contribution in [1.82, 2.24) is 5.32 Å². The molecule has 0 spiro atoms. The van der Waals surface area contributed by atoms with Gasteiger partial charge in [-0.25, -0.2) is 4.79 Å². The van der Waals surface area contributed by atoms with Crippen molar-refractivity contribution in [2.24, 2.45) is 0 Å². The molecule has 0 bridgehead atoms. The molecule has 1 aliphatic rings. The van der Waals surface area contributed by atoms with E-state index >= 15 is 0 Å². The lowest BCUT2D eigenvalue weighted by Gasteiger charge is -2.03. The highest BCUT2D eigenvalue weighted by atomic mass is 16.6. The van der Waals surface area contributed by atoms with Crippen LogP contribution < -0.4 is 10.6 Å². The van der Waals surface area contributed by atoms with Crippen molar-refractivity contribution in [1.29, 1.82) is 0 Å². The summed E-state index contributed by atoms with van der Waals surface area (Å²) in [5.74, 6) is 0. The average molecular weight is 159 g/mol. The van der Waals surface area contributed by atoms with Crippen LogP contribution in [-0.2, 0) is 4.74 Å². The van der Waals surface area contributed by atoms with E-state index in [1.165, 1.54) is 0 Å². The topological polar surface area (TPSA) is 54.9 Å². The summed E-state index contributed by atoms with van der Waals surface area (Å²) < 4.78 is 4.74. The van der Waals surface area contributed by atoms with Gasteiger partial charge in [0.2, 0.25) is 0 Å². The Morgan fingerprint density at radius 2 is 2.64 bits per heavy atom. The molecule has 1 heterocycles. The highest BCUT2D eigenvalue weighted by Crippen LogP contribution is 2.03. The van der Waals surface area contributed by atoms with Gasteiger partial charge in [-0.3, -0.25) is 0 Å². The predicted octanol–water partition coefficient (Wildman–Crippen LogP) is -0.932. The van der Waals surface area contributed by atoms with E-state index in [4.69, 9.17) is 4.74 Å². The van der Waals surface area contributed by atoms with Gasteiger partial charge < -0.3 is 15.4 Å². The van der Waals surface area contributed by atoms with Gasteiger partial charge in [0.05, 0.1) is 19.6 Å². The second kappa shape index (κ2) is 4.18. The molecule has 1 amide bonds. The van der Waals surface area contributed by atoms with Crippen LogP contribution in [0.25, 0.3) is 0 Å². The Labute approximate surface area is 66.3 Å². The van der Waals surface area contributed by atoms with E-state index in [9.17, 15) is 4.79 Å². The molecule has 0 aromatic carbocycles. The molecule has 0 aliphatic carbocycles. The number of carbonyl (C=O) groups is 1. The van der Waals surface area contributed by atoms with E-state index in [0.29, 0.717) is 6.61 Å². The van der Waals surface area contributed by atoms with E-state index < -0.39 is 0 Å². The Morgan fingerprint density at radius 1 is 1.82 bits per heavy atom. The SMILES string of the molecule is C[NH2+]CCCC1COC(=O)N1. The maximum Gasteiger partial charge on any atom is 0.407 e. The lowest BCUT2D eigenvalue weighted by atomic mass is 10.2. The van der Waals surface area contributed by atoms with Crippen molar-refractivity contribution in [2.75, 3.05) is 20.2 Å². The molecule has 11 heavy (non-hydrogen) atoms. The maximum atomic E-state index is 10.5. The zero-order valence-electron chi connectivity index (χ0n) is 6.80. The summed E-state index contributed by atoms with van der Waals surface area (Å²) in [6.45, 7) is 1.66. The summed E-state index contributed by atoms with van der Waals surface area (Å²) in [6.07, 6.45) is 1.89. The molecule has 3 N–H and O–H groups in total. The zero-order chi connectivity index (χ0) is 8.10. The largest absolute Gasteiger partial charge is 0.447 e. The van der Waals surface area contributed by atoms with Crippen molar-refractivity contribution in [3.05, 3.63) is 0 Å². The van der Waals surface area contributed by atoms with Crippen LogP contribution in [0.5, 0.6) is 0 Å². The Hall–Kier alpha value is -0.770. The number of alkyl carbamates (subject to hydrolysis) is 1. The van der Waals surface area contributed by atoms with Gasteiger partial charge in [-0.2, -0.15) is 0 Å². The number of hydrogen-bond acceptors (Lipinski definition) is 2. The third-order valence-electron chi connectivity index (χ3n) is 1.78. The highest BCUT2D eigenvalue weighted by Gasteiger charge is 2.21. The number of carbonyl (C=O) groups excluding carboxylic acids is 1. The van der Waals surface area contributed by atoms with Crippen LogP contribution in [-0.4, -0.2) is 32.3 Å². The van der Waals surface area contributed by atoms with Gasteiger partial charge in [-0.05, 0) is 12.8 Å². The molecule has 0 aromatic heterocycles. The molecule has 0 radical (unpaired) electrons. The minimum absolute atomic E-state index is 0.252. The molecule has 64 valence electrons. The summed E-state index contributed by atoms with van der Waals surface area (Å²) >= 11 is 0. The van der Waals surface area contributed by atoms with Crippen molar-refractivity contribution in [3.8, 4) is 0 Å². The molecule has 1 unspecified atom stereocenters. The quantitative estimate of drug-likeness (QED) is 0.521. The minimum atomic E-state index is -0.268. The molecule has 4 heteroatoms. The average Bonchev–Trinajstić information content (AvgIpc) is 2.37. The van der Waals surface area contributed by atoms with Crippen LogP contribution in [0.15, 0.2) is 0 Å². The number of rotatable bonds is 4. The molecule has 1 rings (SSSR count). The second-order valence-corrected chi connectivity index (χ2v) is 2.78. The molecule has 1 atom stereocenters. The van der Waals surface area contributed by atoms with E-state index in [-0.39, 0.29) is 12.1 Å². The van der Waals surface area contributed by atoms with Crippen molar-refractivity contribution >= 4 is 6.09 Å². The first kappa shape index (κ1) is 8.33. The summed E-state index contributed by atoms with van der Waals surface area (Å²) in [5, 5.41) is 4.87. The van der Waals surface area contributed by atoms with Gasteiger partial charge in [0, 0.05) is 0 Å². The van der Waals surface area contributed by atoms with E-state index in [2.05, 4.69) is 10.6 Å². The lowest BCUT2D eigenvalue weighted by molar-refractivity contribution is -0.627. The Morgan fingerprint density at radius 3 is 3.18 bits per heavy atom. The molecular formula is C7H15N2O2+. The minimum Gasteiger partial charge on any atom is -0.447 e. The lowest BCUT2D eigenvalue weighted by Crippen LogP contribution is -2.79. The smallest absolute Gasteiger partial charge is 0.407 e. The Bertz CT molecular complexity index is 138. The normalized spacial score (nSPS) is 23.0.